The van der Waals surface area contributed by atoms with Gasteiger partial charge in [-0.25, -0.2) is 9.37 Å². The molecule has 3 aromatic rings. The summed E-state index contributed by atoms with van der Waals surface area (Å²) >= 11 is 5.85. The highest BCUT2D eigenvalue weighted by molar-refractivity contribution is 6.34. The number of aromatic nitrogens is 3. The normalized spacial score (nSPS) is 11.2. The zero-order chi connectivity index (χ0) is 12.0. The van der Waals surface area contributed by atoms with Gasteiger partial charge in [-0.1, -0.05) is 11.6 Å². The van der Waals surface area contributed by atoms with Crippen molar-refractivity contribution in [3.63, 3.8) is 0 Å². The first-order valence-electron chi connectivity index (χ1n) is 4.70. The third-order valence-electron chi connectivity index (χ3n) is 2.31. The highest BCUT2D eigenvalue weighted by atomic mass is 35.5. The van der Waals surface area contributed by atoms with Gasteiger partial charge in [-0.3, -0.25) is 5.10 Å². The predicted octanol–water partition coefficient (Wildman–Crippen LogP) is 2.59. The van der Waals surface area contributed by atoms with Gasteiger partial charge in [0.25, 0.3) is 0 Å². The highest BCUT2D eigenvalue weighted by Gasteiger charge is 2.15. The molecule has 0 aliphatic carbocycles. The molecule has 0 fully saturated rings. The molecule has 0 saturated heterocycles. The van der Waals surface area contributed by atoms with Crippen molar-refractivity contribution in [2.24, 2.45) is 0 Å². The van der Waals surface area contributed by atoms with Crippen LogP contribution in [0, 0.1) is 5.82 Å². The number of anilines is 1. The first-order chi connectivity index (χ1) is 8.15. The number of nitrogens with two attached hydrogens (primary N) is 1. The summed E-state index contributed by atoms with van der Waals surface area (Å²) in [5.41, 5.74) is 6.81. The maximum Gasteiger partial charge on any atom is 0.232 e. The zero-order valence-electron chi connectivity index (χ0n) is 8.37. The molecule has 2 aromatic heterocycles. The Morgan fingerprint density at radius 2 is 2.24 bits per heavy atom. The van der Waals surface area contributed by atoms with Crippen molar-refractivity contribution in [1.82, 2.24) is 15.2 Å². The maximum atomic E-state index is 13.1. The average molecular weight is 253 g/mol. The van der Waals surface area contributed by atoms with Gasteiger partial charge in [0.1, 0.15) is 17.2 Å². The number of hydrogen-bond donors (Lipinski definition) is 2. The van der Waals surface area contributed by atoms with Crippen molar-refractivity contribution in [1.29, 1.82) is 0 Å². The van der Waals surface area contributed by atoms with E-state index in [-0.39, 0.29) is 10.9 Å². The van der Waals surface area contributed by atoms with Crippen molar-refractivity contribution >= 4 is 28.5 Å². The number of hydrogen-bond acceptors (Lipinski definition) is 4. The molecule has 3 N–H and O–H groups in total. The van der Waals surface area contributed by atoms with Crippen molar-refractivity contribution in [3.05, 3.63) is 29.2 Å². The maximum absolute atomic E-state index is 13.1. The monoisotopic (exact) mass is 252 g/mol. The number of fused-ring (bicyclic) bond motifs is 1. The van der Waals surface area contributed by atoms with Crippen LogP contribution >= 0.6 is 11.6 Å². The van der Waals surface area contributed by atoms with Crippen LogP contribution in [-0.4, -0.2) is 15.2 Å². The minimum absolute atomic E-state index is 0.167. The molecule has 7 heteroatoms. The Bertz CT molecular complexity index is 705. The molecule has 0 bridgehead atoms. The van der Waals surface area contributed by atoms with Gasteiger partial charge in [-0.2, -0.15) is 5.10 Å². The Balaban J connectivity index is 2.27. The molecular weight excluding hydrogens is 247 g/mol. The van der Waals surface area contributed by atoms with Crippen molar-refractivity contribution < 1.29 is 8.81 Å². The lowest BCUT2D eigenvalue weighted by molar-refractivity contribution is 0.614. The second-order valence-electron chi connectivity index (χ2n) is 3.45. The minimum Gasteiger partial charge on any atom is -0.434 e. The number of benzene rings is 1. The van der Waals surface area contributed by atoms with E-state index in [9.17, 15) is 4.39 Å². The van der Waals surface area contributed by atoms with Gasteiger partial charge in [0.05, 0.1) is 16.8 Å². The van der Waals surface area contributed by atoms with E-state index < -0.39 is 5.82 Å². The smallest absolute Gasteiger partial charge is 0.232 e. The summed E-state index contributed by atoms with van der Waals surface area (Å²) in [4.78, 5) is 4.11. The van der Waals surface area contributed by atoms with Crippen LogP contribution in [0.1, 0.15) is 0 Å². The third-order valence-corrected chi connectivity index (χ3v) is 2.59. The summed E-state index contributed by atoms with van der Waals surface area (Å²) in [6, 6.07) is 2.40. The first kappa shape index (κ1) is 10.1. The molecule has 0 aliphatic rings. The molecule has 17 heavy (non-hydrogen) atoms. The van der Waals surface area contributed by atoms with Gasteiger partial charge in [-0.15, -0.1) is 0 Å². The predicted molar refractivity (Wildman–Crippen MR) is 61.0 cm³/mol. The van der Waals surface area contributed by atoms with Crippen LogP contribution in [0.3, 0.4) is 0 Å². The van der Waals surface area contributed by atoms with Crippen molar-refractivity contribution in [2.45, 2.75) is 0 Å². The van der Waals surface area contributed by atoms with Crippen LogP contribution in [0.2, 0.25) is 5.02 Å². The van der Waals surface area contributed by atoms with Crippen LogP contribution in [0.5, 0.6) is 0 Å². The second kappa shape index (κ2) is 3.46. The number of nitrogens with zero attached hydrogens (tertiary/aromatic N) is 2. The van der Waals surface area contributed by atoms with E-state index in [2.05, 4.69) is 15.2 Å². The highest BCUT2D eigenvalue weighted by Crippen LogP contribution is 2.31. The van der Waals surface area contributed by atoms with Crippen LogP contribution in [0.4, 0.5) is 10.2 Å². The summed E-state index contributed by atoms with van der Waals surface area (Å²) in [7, 11) is 0. The number of nitrogens with one attached hydrogen (secondary N) is 1. The number of H-pyrrole nitrogens is 1. The molecule has 2 heterocycles. The van der Waals surface area contributed by atoms with Crippen LogP contribution < -0.4 is 5.73 Å². The topological polar surface area (TPSA) is 80.7 Å². The van der Waals surface area contributed by atoms with E-state index in [4.69, 9.17) is 21.8 Å². The molecule has 5 nitrogen and oxygen atoms in total. The Hall–Kier alpha value is -2.08. The average Bonchev–Trinajstić information content (AvgIpc) is 2.83. The standard InChI is InChI=1S/C10H6ClFN4O/c11-6-1-4(12)2-7-8(6)17-10(15-7)5-3-14-16-9(5)13/h1-3H,(H3,13,14,16). The summed E-state index contributed by atoms with van der Waals surface area (Å²) in [6.45, 7) is 0. The third kappa shape index (κ3) is 1.53. The summed E-state index contributed by atoms with van der Waals surface area (Å²) in [5, 5.41) is 6.48. The fourth-order valence-corrected chi connectivity index (χ4v) is 1.78. The lowest BCUT2D eigenvalue weighted by atomic mass is 10.3. The van der Waals surface area contributed by atoms with E-state index in [0.717, 1.165) is 6.07 Å². The fraction of sp³-hybridized carbons (Fsp3) is 0. The van der Waals surface area contributed by atoms with E-state index in [1.807, 2.05) is 0 Å². The van der Waals surface area contributed by atoms with Crippen molar-refractivity contribution in [3.8, 4) is 11.5 Å². The Kier molecular flexibility index (Phi) is 2.05. The van der Waals surface area contributed by atoms with Gasteiger partial charge >= 0.3 is 0 Å². The van der Waals surface area contributed by atoms with Gasteiger partial charge in [0, 0.05) is 6.07 Å². The van der Waals surface area contributed by atoms with Gasteiger partial charge in [0.2, 0.25) is 5.89 Å². The molecule has 0 spiro atoms. The van der Waals surface area contributed by atoms with E-state index >= 15 is 0 Å². The largest absolute Gasteiger partial charge is 0.434 e. The fourth-order valence-electron chi connectivity index (χ4n) is 1.54. The molecule has 1 aromatic carbocycles. The van der Waals surface area contributed by atoms with Gasteiger partial charge < -0.3 is 10.2 Å². The number of oxazole rings is 1. The summed E-state index contributed by atoms with van der Waals surface area (Å²) < 4.78 is 18.5. The van der Waals surface area contributed by atoms with Crippen molar-refractivity contribution in [2.75, 3.05) is 5.73 Å². The van der Waals surface area contributed by atoms with E-state index in [1.54, 1.807) is 0 Å². The number of nitrogen functional groups attached to an aromatic ring is 1. The van der Waals surface area contributed by atoms with E-state index in [0.29, 0.717) is 22.5 Å². The quantitative estimate of drug-likeness (QED) is 0.697. The van der Waals surface area contributed by atoms with Gasteiger partial charge in [-0.05, 0) is 6.07 Å². The summed E-state index contributed by atoms with van der Waals surface area (Å²) in [5.74, 6) is 0.106. The molecule has 0 saturated carbocycles. The molecule has 0 atom stereocenters. The van der Waals surface area contributed by atoms with Crippen LogP contribution in [0.15, 0.2) is 22.7 Å². The number of aromatic amines is 1. The number of halogens is 2. The Morgan fingerprint density at radius 3 is 2.94 bits per heavy atom. The molecular formula is C10H6ClFN4O. The SMILES string of the molecule is Nc1[nH]ncc1-c1nc2cc(F)cc(Cl)c2o1. The molecule has 0 unspecified atom stereocenters. The Labute approximate surface area is 99.4 Å². The zero-order valence-corrected chi connectivity index (χ0v) is 9.12. The lowest BCUT2D eigenvalue weighted by Gasteiger charge is -1.91. The minimum atomic E-state index is -0.470. The van der Waals surface area contributed by atoms with Gasteiger partial charge in [0.15, 0.2) is 5.58 Å². The summed E-state index contributed by atoms with van der Waals surface area (Å²) in [6.07, 6.45) is 1.48. The second-order valence-corrected chi connectivity index (χ2v) is 3.86. The lowest BCUT2D eigenvalue weighted by Crippen LogP contribution is -1.87. The van der Waals surface area contributed by atoms with Crippen LogP contribution in [-0.2, 0) is 0 Å². The number of rotatable bonds is 1. The Morgan fingerprint density at radius 1 is 1.41 bits per heavy atom. The molecule has 3 rings (SSSR count). The molecule has 0 aliphatic heterocycles. The van der Waals surface area contributed by atoms with E-state index in [1.165, 1.54) is 12.3 Å². The molecule has 0 radical (unpaired) electrons. The molecule has 0 amide bonds. The first-order valence-corrected chi connectivity index (χ1v) is 5.08. The molecule has 86 valence electrons. The van der Waals surface area contributed by atoms with Crippen LogP contribution in [0.25, 0.3) is 22.6 Å².